The maximum Gasteiger partial charge on any atom is 0.407 e. The van der Waals surface area contributed by atoms with E-state index in [1.807, 2.05) is 33.8 Å². The van der Waals surface area contributed by atoms with Gasteiger partial charge in [0.25, 0.3) is 0 Å². The molecule has 0 bridgehead atoms. The molecule has 114 valence electrons. The number of nitriles is 1. The Hall–Kier alpha value is -2.36. The second kappa shape index (κ2) is 7.43. The van der Waals surface area contributed by atoms with E-state index in [9.17, 15) is 4.79 Å². The van der Waals surface area contributed by atoms with Crippen LogP contribution in [0.15, 0.2) is 12.1 Å². The first-order chi connectivity index (χ1) is 9.80. The molecule has 0 unspecified atom stereocenters. The number of hydrogen-bond donors (Lipinski definition) is 2. The van der Waals surface area contributed by atoms with Crippen LogP contribution in [0.4, 0.5) is 10.6 Å². The van der Waals surface area contributed by atoms with Crippen LogP contribution in [-0.4, -0.2) is 34.5 Å². The molecule has 1 aromatic rings. The van der Waals surface area contributed by atoms with Crippen molar-refractivity contribution in [1.29, 1.82) is 5.26 Å². The fourth-order valence-electron chi connectivity index (χ4n) is 1.48. The van der Waals surface area contributed by atoms with Gasteiger partial charge in [0.1, 0.15) is 17.5 Å². The lowest BCUT2D eigenvalue weighted by atomic mass is 10.2. The van der Waals surface area contributed by atoms with E-state index in [-0.39, 0.29) is 11.7 Å². The number of rotatable bonds is 5. The van der Waals surface area contributed by atoms with Crippen molar-refractivity contribution in [3.05, 3.63) is 17.8 Å². The van der Waals surface area contributed by atoms with Gasteiger partial charge < -0.3 is 15.4 Å². The van der Waals surface area contributed by atoms with E-state index in [2.05, 4.69) is 20.8 Å². The number of aromatic nitrogens is 2. The van der Waals surface area contributed by atoms with Crippen molar-refractivity contribution in [3.8, 4) is 6.07 Å². The number of carbonyl (C=O) groups excluding carboxylic acids is 1. The third-order valence-electron chi connectivity index (χ3n) is 2.43. The van der Waals surface area contributed by atoms with Gasteiger partial charge in [0.05, 0.1) is 0 Å². The minimum absolute atomic E-state index is 0.0290. The van der Waals surface area contributed by atoms with Gasteiger partial charge in [-0.15, -0.1) is 10.2 Å². The zero-order valence-electron chi connectivity index (χ0n) is 12.8. The molecule has 1 amide bonds. The Morgan fingerprint density at radius 2 is 2.14 bits per heavy atom. The number of ether oxygens (including phenoxy) is 1. The van der Waals surface area contributed by atoms with E-state index < -0.39 is 11.7 Å². The summed E-state index contributed by atoms with van der Waals surface area (Å²) in [6, 6.07) is 5.16. The predicted octanol–water partition coefficient (Wildman–Crippen LogP) is 2.06. The first-order valence-corrected chi connectivity index (χ1v) is 6.77. The maximum atomic E-state index is 11.6. The summed E-state index contributed by atoms with van der Waals surface area (Å²) in [6.45, 7) is 7.99. The van der Waals surface area contributed by atoms with Crippen molar-refractivity contribution in [2.75, 3.05) is 11.9 Å². The van der Waals surface area contributed by atoms with E-state index in [0.29, 0.717) is 18.8 Å². The maximum absolute atomic E-state index is 11.6. The molecule has 0 aliphatic carbocycles. The van der Waals surface area contributed by atoms with Gasteiger partial charge in [-0.1, -0.05) is 0 Å². The molecule has 0 spiro atoms. The third kappa shape index (κ3) is 7.11. The van der Waals surface area contributed by atoms with Crippen LogP contribution in [0, 0.1) is 11.3 Å². The standard InChI is InChI=1S/C14H21N5O2/c1-10(17-13(20)21-14(2,3)4)7-8-16-12-6-5-11(9-15)18-19-12/h5-6,10H,7-8H2,1-4H3,(H,16,19)(H,17,20)/t10-/m1/s1. The topological polar surface area (TPSA) is 99.9 Å². The molecular formula is C14H21N5O2. The van der Waals surface area contributed by atoms with Gasteiger partial charge in [0.2, 0.25) is 0 Å². The molecule has 0 aromatic carbocycles. The second-order valence-corrected chi connectivity index (χ2v) is 5.68. The third-order valence-corrected chi connectivity index (χ3v) is 2.43. The molecular weight excluding hydrogens is 270 g/mol. The normalized spacial score (nSPS) is 12.1. The lowest BCUT2D eigenvalue weighted by Gasteiger charge is -2.22. The van der Waals surface area contributed by atoms with Crippen molar-refractivity contribution >= 4 is 11.9 Å². The molecule has 0 aliphatic rings. The number of alkyl carbamates (subject to hydrolysis) is 1. The Balaban J connectivity index is 2.28. The number of amides is 1. The lowest BCUT2D eigenvalue weighted by Crippen LogP contribution is -2.38. The number of hydrogen-bond acceptors (Lipinski definition) is 6. The summed E-state index contributed by atoms with van der Waals surface area (Å²) in [4.78, 5) is 11.6. The average molecular weight is 291 g/mol. The van der Waals surface area contributed by atoms with Crippen LogP contribution < -0.4 is 10.6 Å². The largest absolute Gasteiger partial charge is 0.444 e. The molecule has 0 radical (unpaired) electrons. The van der Waals surface area contributed by atoms with Crippen molar-refractivity contribution < 1.29 is 9.53 Å². The molecule has 2 N–H and O–H groups in total. The van der Waals surface area contributed by atoms with Gasteiger partial charge >= 0.3 is 6.09 Å². The van der Waals surface area contributed by atoms with Gasteiger partial charge in [-0.3, -0.25) is 0 Å². The van der Waals surface area contributed by atoms with E-state index in [1.54, 1.807) is 12.1 Å². The minimum Gasteiger partial charge on any atom is -0.444 e. The molecule has 1 atom stereocenters. The van der Waals surface area contributed by atoms with Crippen molar-refractivity contribution in [3.63, 3.8) is 0 Å². The fraction of sp³-hybridized carbons (Fsp3) is 0.571. The van der Waals surface area contributed by atoms with Crippen molar-refractivity contribution in [2.24, 2.45) is 0 Å². The van der Waals surface area contributed by atoms with Gasteiger partial charge in [0, 0.05) is 12.6 Å². The molecule has 0 aliphatic heterocycles. The van der Waals surface area contributed by atoms with Gasteiger partial charge in [-0.2, -0.15) is 5.26 Å². The monoisotopic (exact) mass is 291 g/mol. The summed E-state index contributed by atoms with van der Waals surface area (Å²) < 4.78 is 5.18. The van der Waals surface area contributed by atoms with Crippen LogP contribution in [-0.2, 0) is 4.74 Å². The van der Waals surface area contributed by atoms with E-state index in [0.717, 1.165) is 0 Å². The van der Waals surface area contributed by atoms with Crippen LogP contribution in [0.3, 0.4) is 0 Å². The Bertz CT molecular complexity index is 502. The number of nitrogens with zero attached hydrogens (tertiary/aromatic N) is 3. The Labute approximate surface area is 124 Å². The molecule has 0 saturated heterocycles. The Morgan fingerprint density at radius 3 is 2.67 bits per heavy atom. The molecule has 1 aromatic heterocycles. The molecule has 7 heteroatoms. The summed E-state index contributed by atoms with van der Waals surface area (Å²) in [5.74, 6) is 0.596. The molecule has 1 heterocycles. The Kier molecular flexibility index (Phi) is 5.91. The number of carbonyl (C=O) groups is 1. The first kappa shape index (κ1) is 16.7. The summed E-state index contributed by atoms with van der Waals surface area (Å²) in [5.41, 5.74) is -0.222. The highest BCUT2D eigenvalue weighted by atomic mass is 16.6. The van der Waals surface area contributed by atoms with Crippen LogP contribution in [0.1, 0.15) is 39.8 Å². The fourth-order valence-corrected chi connectivity index (χ4v) is 1.48. The highest BCUT2D eigenvalue weighted by Crippen LogP contribution is 2.07. The van der Waals surface area contributed by atoms with Crippen LogP contribution in [0.5, 0.6) is 0 Å². The van der Waals surface area contributed by atoms with Crippen LogP contribution >= 0.6 is 0 Å². The predicted molar refractivity (Wildman–Crippen MR) is 78.7 cm³/mol. The van der Waals surface area contributed by atoms with Crippen LogP contribution in [0.2, 0.25) is 0 Å². The van der Waals surface area contributed by atoms with Crippen LogP contribution in [0.25, 0.3) is 0 Å². The zero-order chi connectivity index (χ0) is 15.9. The lowest BCUT2D eigenvalue weighted by molar-refractivity contribution is 0.0507. The summed E-state index contributed by atoms with van der Waals surface area (Å²) in [7, 11) is 0. The van der Waals surface area contributed by atoms with Crippen molar-refractivity contribution in [2.45, 2.75) is 45.8 Å². The summed E-state index contributed by atoms with van der Waals surface area (Å²) >= 11 is 0. The van der Waals surface area contributed by atoms with E-state index in [4.69, 9.17) is 10.00 Å². The zero-order valence-corrected chi connectivity index (χ0v) is 12.8. The Morgan fingerprint density at radius 1 is 1.43 bits per heavy atom. The molecule has 0 fully saturated rings. The highest BCUT2D eigenvalue weighted by Gasteiger charge is 2.17. The molecule has 1 rings (SSSR count). The summed E-state index contributed by atoms with van der Waals surface area (Å²) in [6.07, 6.45) is 0.286. The van der Waals surface area contributed by atoms with E-state index in [1.165, 1.54) is 0 Å². The first-order valence-electron chi connectivity index (χ1n) is 6.77. The molecule has 7 nitrogen and oxygen atoms in total. The van der Waals surface area contributed by atoms with Gasteiger partial charge in [-0.25, -0.2) is 4.79 Å². The minimum atomic E-state index is -0.500. The number of nitrogens with one attached hydrogen (secondary N) is 2. The summed E-state index contributed by atoms with van der Waals surface area (Å²) in [5, 5.41) is 22.0. The van der Waals surface area contributed by atoms with Gasteiger partial charge in [-0.05, 0) is 46.2 Å². The molecule has 0 saturated carbocycles. The van der Waals surface area contributed by atoms with Crippen molar-refractivity contribution in [1.82, 2.24) is 15.5 Å². The molecule has 21 heavy (non-hydrogen) atoms. The SMILES string of the molecule is C[C@H](CCNc1ccc(C#N)nn1)NC(=O)OC(C)(C)C. The van der Waals surface area contributed by atoms with E-state index >= 15 is 0 Å². The number of anilines is 1. The second-order valence-electron chi connectivity index (χ2n) is 5.68. The quantitative estimate of drug-likeness (QED) is 0.861. The average Bonchev–Trinajstić information content (AvgIpc) is 2.37. The smallest absolute Gasteiger partial charge is 0.407 e. The highest BCUT2D eigenvalue weighted by molar-refractivity contribution is 5.68. The van der Waals surface area contributed by atoms with Gasteiger partial charge in [0.15, 0.2) is 5.69 Å².